The van der Waals surface area contributed by atoms with Gasteiger partial charge in [0.25, 0.3) is 0 Å². The van der Waals surface area contributed by atoms with Gasteiger partial charge in [-0.1, -0.05) is 13.8 Å². The smallest absolute Gasteiger partial charge is 0.187 e. The van der Waals surface area contributed by atoms with E-state index >= 15 is 0 Å². The lowest BCUT2D eigenvalue weighted by molar-refractivity contribution is 0.00563. The molecule has 0 aromatic rings. The summed E-state index contributed by atoms with van der Waals surface area (Å²) in [6.45, 7) is 9.98. The van der Waals surface area contributed by atoms with Gasteiger partial charge in [0.05, 0.1) is 13.2 Å². The van der Waals surface area contributed by atoms with Gasteiger partial charge in [-0.05, 0) is 63.0 Å². The number of hydrogen-bond donors (Lipinski definition) is 5. The molecule has 1 spiro atoms. The molecule has 2 aliphatic carbocycles. The van der Waals surface area contributed by atoms with Crippen molar-refractivity contribution in [3.05, 3.63) is 46.4 Å². The Morgan fingerprint density at radius 1 is 1.25 bits per heavy atom. The first-order valence-corrected chi connectivity index (χ1v) is 15.1. The van der Waals surface area contributed by atoms with Crippen LogP contribution in [0.4, 0.5) is 4.39 Å². The first-order valence-electron chi connectivity index (χ1n) is 15.1. The average Bonchev–Trinajstić information content (AvgIpc) is 3.45. The fourth-order valence-corrected chi connectivity index (χ4v) is 6.89. The van der Waals surface area contributed by atoms with Crippen LogP contribution in [-0.2, 0) is 4.74 Å². The summed E-state index contributed by atoms with van der Waals surface area (Å²) >= 11 is 0. The third-order valence-electron chi connectivity index (χ3n) is 8.98. The number of rotatable bonds is 11. The number of aliphatic hydroxyl groups is 3. The maximum Gasteiger partial charge on any atom is 0.187 e. The van der Waals surface area contributed by atoms with Crippen molar-refractivity contribution in [1.82, 2.24) is 25.6 Å². The van der Waals surface area contributed by atoms with Gasteiger partial charge in [-0.25, -0.2) is 9.82 Å². The Hall–Kier alpha value is -1.95. The van der Waals surface area contributed by atoms with E-state index in [1.165, 1.54) is 0 Å². The Labute approximate surface area is 238 Å². The SMILES string of the molecule is CC(C)CN(C(O)C1=C(CCCCO)N(C2=CC(F)=CCC2)NC1)C1CC12CNC/C(=C(\O)N1CCOCC1)C2. The highest BCUT2D eigenvalue weighted by atomic mass is 19.1. The lowest BCUT2D eigenvalue weighted by Gasteiger charge is -2.36. The minimum absolute atomic E-state index is 0.0210. The lowest BCUT2D eigenvalue weighted by atomic mass is 9.90. The van der Waals surface area contributed by atoms with Crippen molar-refractivity contribution in [2.45, 2.75) is 71.1 Å². The highest BCUT2D eigenvalue weighted by Crippen LogP contribution is 2.56. The second kappa shape index (κ2) is 12.9. The molecule has 0 aromatic heterocycles. The summed E-state index contributed by atoms with van der Waals surface area (Å²) in [5, 5.41) is 38.1. The normalized spacial score (nSPS) is 29.4. The predicted octanol–water partition coefficient (Wildman–Crippen LogP) is 2.88. The van der Waals surface area contributed by atoms with E-state index in [0.717, 1.165) is 61.3 Å². The number of morpholine rings is 1. The minimum atomic E-state index is -0.764. The molecule has 0 aromatic carbocycles. The first kappa shape index (κ1) is 29.5. The Morgan fingerprint density at radius 3 is 2.77 bits per heavy atom. The molecule has 3 heterocycles. The van der Waals surface area contributed by atoms with Crippen LogP contribution in [0.1, 0.15) is 58.8 Å². The second-order valence-electron chi connectivity index (χ2n) is 12.4. The molecule has 2 saturated heterocycles. The Morgan fingerprint density at radius 2 is 2.05 bits per heavy atom. The molecule has 10 heteroatoms. The second-order valence-corrected chi connectivity index (χ2v) is 12.4. The van der Waals surface area contributed by atoms with Crippen LogP contribution in [0.5, 0.6) is 0 Å². The molecular formula is C30H48FN5O4. The van der Waals surface area contributed by atoms with Gasteiger partial charge in [-0.15, -0.1) is 0 Å². The van der Waals surface area contributed by atoms with Crippen molar-refractivity contribution in [3.8, 4) is 0 Å². The number of halogens is 1. The molecule has 3 fully saturated rings. The molecule has 0 bridgehead atoms. The number of unbranched alkanes of at least 4 members (excludes halogenated alkanes) is 1. The molecule has 224 valence electrons. The number of piperidine rings is 1. The highest BCUT2D eigenvalue weighted by molar-refractivity contribution is 5.32. The zero-order valence-electron chi connectivity index (χ0n) is 24.2. The number of aliphatic hydroxyl groups excluding tert-OH is 3. The summed E-state index contributed by atoms with van der Waals surface area (Å²) < 4.78 is 19.6. The summed E-state index contributed by atoms with van der Waals surface area (Å²) in [7, 11) is 0. The molecule has 40 heavy (non-hydrogen) atoms. The van der Waals surface area contributed by atoms with E-state index < -0.39 is 6.23 Å². The summed E-state index contributed by atoms with van der Waals surface area (Å²) in [4.78, 5) is 4.29. The fourth-order valence-electron chi connectivity index (χ4n) is 6.89. The summed E-state index contributed by atoms with van der Waals surface area (Å²) in [5.74, 6) is 0.537. The van der Waals surface area contributed by atoms with E-state index in [2.05, 4.69) is 29.5 Å². The van der Waals surface area contributed by atoms with Crippen molar-refractivity contribution >= 4 is 0 Å². The number of nitrogens with one attached hydrogen (secondary N) is 2. The molecule has 5 rings (SSSR count). The van der Waals surface area contributed by atoms with Crippen molar-refractivity contribution in [1.29, 1.82) is 0 Å². The van der Waals surface area contributed by atoms with E-state index in [0.29, 0.717) is 70.5 Å². The molecule has 3 atom stereocenters. The maximum absolute atomic E-state index is 14.2. The first-order chi connectivity index (χ1) is 19.3. The Bertz CT molecular complexity index is 1040. The van der Waals surface area contributed by atoms with E-state index in [4.69, 9.17) is 4.74 Å². The Kier molecular flexibility index (Phi) is 9.54. The highest BCUT2D eigenvalue weighted by Gasteiger charge is 2.59. The van der Waals surface area contributed by atoms with Gasteiger partial charge in [0.15, 0.2) is 5.88 Å². The number of nitrogens with zero attached hydrogens (tertiary/aromatic N) is 3. The zero-order valence-corrected chi connectivity index (χ0v) is 24.2. The standard InChI is InChI=1S/C30H48FN5O4/c1-21(2)19-35(27-16-30(27)15-22(17-32-20-30)28(38)34-9-12-40-13-10-34)29(39)25-18-33-36(26(25)8-3-4-11-37)24-7-5-6-23(31)14-24/h6,14,21,27,29,32-33,37-39H,3-5,7-13,15-20H2,1-2H3/b28-22-. The van der Waals surface area contributed by atoms with Crippen molar-refractivity contribution in [2.75, 3.05) is 59.1 Å². The quantitative estimate of drug-likeness (QED) is 0.148. The van der Waals surface area contributed by atoms with Crippen LogP contribution in [0.3, 0.4) is 0 Å². The van der Waals surface area contributed by atoms with Gasteiger partial charge >= 0.3 is 0 Å². The van der Waals surface area contributed by atoms with Crippen molar-refractivity contribution in [3.63, 3.8) is 0 Å². The average molecular weight is 562 g/mol. The Balaban J connectivity index is 1.38. The lowest BCUT2D eigenvalue weighted by Crippen LogP contribution is -2.47. The van der Waals surface area contributed by atoms with Gasteiger partial charge in [-0.2, -0.15) is 0 Å². The van der Waals surface area contributed by atoms with E-state index in [9.17, 15) is 19.7 Å². The predicted molar refractivity (Wildman–Crippen MR) is 152 cm³/mol. The van der Waals surface area contributed by atoms with Crippen LogP contribution in [-0.4, -0.2) is 101 Å². The van der Waals surface area contributed by atoms with Crippen LogP contribution in [0.15, 0.2) is 46.4 Å². The molecule has 5 aliphatic rings. The number of allylic oxidation sites excluding steroid dienone is 5. The maximum atomic E-state index is 14.2. The number of ether oxygens (including phenoxy) is 1. The van der Waals surface area contributed by atoms with Crippen LogP contribution in [0, 0.1) is 11.3 Å². The molecule has 5 N–H and O–H groups in total. The molecule has 0 amide bonds. The number of hydrazine groups is 1. The van der Waals surface area contributed by atoms with Gasteiger partial charge in [0.1, 0.15) is 12.1 Å². The molecule has 1 saturated carbocycles. The minimum Gasteiger partial charge on any atom is -0.495 e. The monoisotopic (exact) mass is 561 g/mol. The molecule has 3 unspecified atom stereocenters. The van der Waals surface area contributed by atoms with E-state index in [1.807, 2.05) is 9.91 Å². The molecule has 0 radical (unpaired) electrons. The topological polar surface area (TPSA) is 104 Å². The van der Waals surface area contributed by atoms with Gasteiger partial charge in [-0.3, -0.25) is 9.91 Å². The third-order valence-corrected chi connectivity index (χ3v) is 8.98. The van der Waals surface area contributed by atoms with Crippen LogP contribution in [0.2, 0.25) is 0 Å². The van der Waals surface area contributed by atoms with Crippen molar-refractivity contribution < 1.29 is 24.4 Å². The van der Waals surface area contributed by atoms with Gasteiger partial charge < -0.3 is 30.3 Å². The molecular weight excluding hydrogens is 513 g/mol. The summed E-state index contributed by atoms with van der Waals surface area (Å²) in [6.07, 6.45) is 7.79. The molecule has 3 aliphatic heterocycles. The van der Waals surface area contributed by atoms with Crippen LogP contribution < -0.4 is 10.7 Å². The fraction of sp³-hybridized carbons (Fsp3) is 0.733. The van der Waals surface area contributed by atoms with E-state index in [1.54, 1.807) is 12.2 Å². The van der Waals surface area contributed by atoms with Crippen LogP contribution >= 0.6 is 0 Å². The van der Waals surface area contributed by atoms with Crippen molar-refractivity contribution in [2.24, 2.45) is 11.3 Å². The molecule has 9 nitrogen and oxygen atoms in total. The summed E-state index contributed by atoms with van der Waals surface area (Å²) in [5.41, 5.74) is 7.27. The summed E-state index contributed by atoms with van der Waals surface area (Å²) in [6, 6.07) is 0.194. The van der Waals surface area contributed by atoms with Gasteiger partial charge in [0.2, 0.25) is 0 Å². The van der Waals surface area contributed by atoms with Crippen LogP contribution in [0.25, 0.3) is 0 Å². The number of hydrogen-bond acceptors (Lipinski definition) is 9. The largest absolute Gasteiger partial charge is 0.495 e. The van der Waals surface area contributed by atoms with Gasteiger partial charge in [0, 0.05) is 79.9 Å². The third kappa shape index (κ3) is 6.42. The van der Waals surface area contributed by atoms with E-state index in [-0.39, 0.29) is 23.9 Å². The zero-order chi connectivity index (χ0) is 28.3.